The molecule has 0 unspecified atom stereocenters. The Kier molecular flexibility index (Phi) is 3.92. The van der Waals surface area contributed by atoms with E-state index in [1.165, 1.54) is 30.6 Å². The number of fused-ring (bicyclic) bond motifs is 2. The second-order valence-corrected chi connectivity index (χ2v) is 6.30. The molecule has 4 heteroatoms. The first kappa shape index (κ1) is 13.8. The van der Waals surface area contributed by atoms with Gasteiger partial charge in [0.05, 0.1) is 0 Å². The highest BCUT2D eigenvalue weighted by molar-refractivity contribution is 5.47. The van der Waals surface area contributed by atoms with Crippen molar-refractivity contribution in [2.24, 2.45) is 0 Å². The number of hydrogen-bond donors (Lipinski definition) is 0. The summed E-state index contributed by atoms with van der Waals surface area (Å²) in [6.45, 7) is 6.48. The summed E-state index contributed by atoms with van der Waals surface area (Å²) in [7, 11) is 2.30. The third-order valence-corrected chi connectivity index (χ3v) is 4.93. The lowest BCUT2D eigenvalue weighted by atomic mass is 10.1. The third-order valence-electron chi connectivity index (χ3n) is 4.93. The van der Waals surface area contributed by atoms with E-state index in [0.717, 1.165) is 37.8 Å². The van der Waals surface area contributed by atoms with Gasteiger partial charge in [-0.15, -0.1) is 0 Å². The zero-order valence-electron chi connectivity index (χ0n) is 13.0. The maximum Gasteiger partial charge on any atom is 0.135 e. The van der Waals surface area contributed by atoms with Gasteiger partial charge in [0, 0.05) is 36.9 Å². The Morgan fingerprint density at radius 3 is 2.85 bits per heavy atom. The van der Waals surface area contributed by atoms with Gasteiger partial charge in [0.2, 0.25) is 0 Å². The molecule has 2 fully saturated rings. The zero-order valence-corrected chi connectivity index (χ0v) is 13.0. The van der Waals surface area contributed by atoms with Crippen LogP contribution >= 0.6 is 0 Å². The molecule has 0 amide bonds. The highest BCUT2D eigenvalue weighted by atomic mass is 15.3. The molecular weight excluding hydrogens is 248 g/mol. The molecule has 0 spiro atoms. The Labute approximate surface area is 122 Å². The average molecular weight is 274 g/mol. The summed E-state index contributed by atoms with van der Waals surface area (Å²) in [5.74, 6) is 2.09. The summed E-state index contributed by atoms with van der Waals surface area (Å²) in [5.41, 5.74) is 1.32. The third kappa shape index (κ3) is 2.53. The van der Waals surface area contributed by atoms with Crippen molar-refractivity contribution in [1.29, 1.82) is 0 Å². The van der Waals surface area contributed by atoms with E-state index in [9.17, 15) is 0 Å². The first-order chi connectivity index (χ1) is 9.69. The van der Waals surface area contributed by atoms with Crippen LogP contribution in [0.1, 0.15) is 44.0 Å². The Balaban J connectivity index is 1.87. The summed E-state index contributed by atoms with van der Waals surface area (Å²) < 4.78 is 0. The molecule has 2 aliphatic rings. The number of aromatic nitrogens is 2. The van der Waals surface area contributed by atoms with Crippen LogP contribution in [-0.4, -0.2) is 47.1 Å². The highest BCUT2D eigenvalue weighted by Crippen LogP contribution is 2.31. The smallest absolute Gasteiger partial charge is 0.135 e. The number of anilines is 1. The fourth-order valence-electron chi connectivity index (χ4n) is 3.70. The molecule has 2 saturated heterocycles. The molecule has 3 heterocycles. The lowest BCUT2D eigenvalue weighted by Crippen LogP contribution is -2.37. The summed E-state index contributed by atoms with van der Waals surface area (Å²) >= 11 is 0. The largest absolute Gasteiger partial charge is 0.355 e. The number of nitrogens with zero attached hydrogens (tertiary/aromatic N) is 4. The van der Waals surface area contributed by atoms with Crippen molar-refractivity contribution < 1.29 is 0 Å². The van der Waals surface area contributed by atoms with E-state index in [2.05, 4.69) is 28.8 Å². The van der Waals surface area contributed by atoms with Crippen molar-refractivity contribution in [1.82, 2.24) is 14.9 Å². The molecule has 20 heavy (non-hydrogen) atoms. The Bertz CT molecular complexity index is 474. The standard InChI is InChI=1S/C16H26N4/c1-4-5-13-10-17-12(2)18-16(13)20-9-8-14-6-7-15(11-20)19(14)3/h10,14-15H,4-9,11H2,1-3H3/t14-,15+/m0/s1. The van der Waals surface area contributed by atoms with Crippen LogP contribution in [-0.2, 0) is 6.42 Å². The van der Waals surface area contributed by atoms with Crippen LogP contribution in [0, 0.1) is 6.92 Å². The zero-order chi connectivity index (χ0) is 14.1. The van der Waals surface area contributed by atoms with Crippen LogP contribution in [0.4, 0.5) is 5.82 Å². The quantitative estimate of drug-likeness (QED) is 0.847. The number of rotatable bonds is 3. The molecule has 0 aromatic carbocycles. The summed E-state index contributed by atoms with van der Waals surface area (Å²) in [6.07, 6.45) is 8.25. The lowest BCUT2D eigenvalue weighted by Gasteiger charge is -2.28. The molecule has 0 N–H and O–H groups in total. The van der Waals surface area contributed by atoms with E-state index in [1.807, 2.05) is 13.1 Å². The van der Waals surface area contributed by atoms with E-state index < -0.39 is 0 Å². The van der Waals surface area contributed by atoms with Gasteiger partial charge in [-0.2, -0.15) is 0 Å². The van der Waals surface area contributed by atoms with Gasteiger partial charge in [0.25, 0.3) is 0 Å². The topological polar surface area (TPSA) is 32.3 Å². The van der Waals surface area contributed by atoms with Gasteiger partial charge in [-0.25, -0.2) is 9.97 Å². The fourth-order valence-corrected chi connectivity index (χ4v) is 3.70. The van der Waals surface area contributed by atoms with Crippen molar-refractivity contribution in [3.8, 4) is 0 Å². The van der Waals surface area contributed by atoms with Crippen LogP contribution in [0.5, 0.6) is 0 Å². The van der Waals surface area contributed by atoms with Gasteiger partial charge >= 0.3 is 0 Å². The predicted molar refractivity (Wildman–Crippen MR) is 82.2 cm³/mol. The number of aryl methyl sites for hydroxylation is 2. The normalized spacial score (nSPS) is 26.9. The maximum atomic E-state index is 4.76. The molecule has 2 atom stereocenters. The van der Waals surface area contributed by atoms with Crippen LogP contribution in [0.2, 0.25) is 0 Å². The minimum atomic E-state index is 0.701. The van der Waals surface area contributed by atoms with Crippen molar-refractivity contribution in [2.75, 3.05) is 25.0 Å². The first-order valence-electron chi connectivity index (χ1n) is 7.98. The number of likely N-dealkylation sites (N-methyl/N-ethyl adjacent to an activating group) is 1. The average Bonchev–Trinajstić information content (AvgIpc) is 2.66. The number of hydrogen-bond acceptors (Lipinski definition) is 4. The minimum Gasteiger partial charge on any atom is -0.355 e. The van der Waals surface area contributed by atoms with Crippen molar-refractivity contribution in [3.63, 3.8) is 0 Å². The second-order valence-electron chi connectivity index (χ2n) is 6.30. The minimum absolute atomic E-state index is 0.701. The molecule has 0 aliphatic carbocycles. The van der Waals surface area contributed by atoms with E-state index in [0.29, 0.717) is 6.04 Å². The van der Waals surface area contributed by atoms with Crippen LogP contribution < -0.4 is 4.90 Å². The van der Waals surface area contributed by atoms with Crippen LogP contribution in [0.25, 0.3) is 0 Å². The van der Waals surface area contributed by atoms with E-state index in [-0.39, 0.29) is 0 Å². The van der Waals surface area contributed by atoms with E-state index in [4.69, 9.17) is 4.98 Å². The molecule has 110 valence electrons. The lowest BCUT2D eigenvalue weighted by molar-refractivity contribution is 0.254. The molecule has 2 bridgehead atoms. The predicted octanol–water partition coefficient (Wildman–Crippen LogP) is 2.41. The van der Waals surface area contributed by atoms with Gasteiger partial charge in [-0.1, -0.05) is 13.3 Å². The molecule has 3 rings (SSSR count). The molecule has 0 radical (unpaired) electrons. The van der Waals surface area contributed by atoms with Gasteiger partial charge in [0.15, 0.2) is 0 Å². The van der Waals surface area contributed by atoms with E-state index in [1.54, 1.807) is 0 Å². The Morgan fingerprint density at radius 1 is 1.25 bits per heavy atom. The highest BCUT2D eigenvalue weighted by Gasteiger charge is 2.35. The molecule has 0 saturated carbocycles. The summed E-state index contributed by atoms with van der Waals surface area (Å²) in [4.78, 5) is 14.3. The van der Waals surface area contributed by atoms with E-state index >= 15 is 0 Å². The fraction of sp³-hybridized carbons (Fsp3) is 0.750. The molecular formula is C16H26N4. The van der Waals surface area contributed by atoms with Gasteiger partial charge < -0.3 is 4.90 Å². The summed E-state index contributed by atoms with van der Waals surface area (Å²) in [5, 5.41) is 0. The monoisotopic (exact) mass is 274 g/mol. The molecule has 1 aromatic heterocycles. The molecule has 2 aliphatic heterocycles. The molecule has 1 aromatic rings. The van der Waals surface area contributed by atoms with Crippen molar-refractivity contribution in [3.05, 3.63) is 17.6 Å². The molecule has 4 nitrogen and oxygen atoms in total. The SMILES string of the molecule is CCCc1cnc(C)nc1N1CC[C@@H]2CC[C@H](C1)N2C. The Hall–Kier alpha value is -1.16. The van der Waals surface area contributed by atoms with Gasteiger partial charge in [-0.3, -0.25) is 4.90 Å². The van der Waals surface area contributed by atoms with Crippen molar-refractivity contribution >= 4 is 5.82 Å². The van der Waals surface area contributed by atoms with Crippen LogP contribution in [0.3, 0.4) is 0 Å². The second kappa shape index (κ2) is 5.68. The Morgan fingerprint density at radius 2 is 2.05 bits per heavy atom. The first-order valence-corrected chi connectivity index (χ1v) is 7.98. The van der Waals surface area contributed by atoms with Crippen molar-refractivity contribution in [2.45, 2.75) is 58.0 Å². The summed E-state index contributed by atoms with van der Waals surface area (Å²) in [6, 6.07) is 1.48. The van der Waals surface area contributed by atoms with Gasteiger partial charge in [0.1, 0.15) is 11.6 Å². The van der Waals surface area contributed by atoms with Crippen LogP contribution in [0.15, 0.2) is 6.20 Å². The van der Waals surface area contributed by atoms with Gasteiger partial charge in [-0.05, 0) is 39.7 Å². The maximum absolute atomic E-state index is 4.76.